The normalized spacial score (nSPS) is 10.5. The molecule has 0 bridgehead atoms. The maximum atomic E-state index is 2.99. The van der Waals surface area contributed by atoms with E-state index in [1.165, 1.54) is 63.8 Å². The summed E-state index contributed by atoms with van der Waals surface area (Å²) in [5.74, 6) is 0. The molecular weight excluding hydrogens is 1150 g/mol. The Labute approximate surface area is 507 Å². The van der Waals surface area contributed by atoms with Gasteiger partial charge in [-0.05, 0) is 0 Å². The van der Waals surface area contributed by atoms with Crippen LogP contribution in [-0.4, -0.2) is 19.0 Å². The fraction of sp³-hybridized carbons (Fsp3) is 0.0286. The van der Waals surface area contributed by atoms with E-state index < -0.39 is 0 Å². The minimum Gasteiger partial charge on any atom is -0.273 e. The van der Waals surface area contributed by atoms with Gasteiger partial charge in [0.1, 0.15) is 19.0 Å². The summed E-state index contributed by atoms with van der Waals surface area (Å²) in [6.07, 6.45) is 20.0. The number of halogens is 2. The van der Waals surface area contributed by atoms with Crippen molar-refractivity contribution in [3.05, 3.63) is 340 Å². The van der Waals surface area contributed by atoms with Crippen LogP contribution >= 0.6 is 24.8 Å². The summed E-state index contributed by atoms with van der Waals surface area (Å²) in [7, 11) is 0.543. The molecule has 372 valence electrons. The zero-order chi connectivity index (χ0) is 49.4. The van der Waals surface area contributed by atoms with Crippen molar-refractivity contribution in [3.8, 4) is 0 Å². The molecular formula is C70H62Cl2Si2Zr2. The Morgan fingerprint density at radius 2 is 0.500 bits per heavy atom. The van der Waals surface area contributed by atoms with Crippen molar-refractivity contribution in [1.82, 2.24) is 0 Å². The molecule has 0 spiro atoms. The first-order valence-electron chi connectivity index (χ1n) is 24.5. The molecule has 0 amide bonds. The third-order valence-corrected chi connectivity index (χ3v) is 14.1. The van der Waals surface area contributed by atoms with Gasteiger partial charge >= 0.3 is 52.4 Å². The van der Waals surface area contributed by atoms with Crippen molar-refractivity contribution < 1.29 is 52.4 Å². The molecule has 12 aromatic carbocycles. The van der Waals surface area contributed by atoms with Crippen molar-refractivity contribution in [2.24, 2.45) is 0 Å². The Balaban J connectivity index is 0.000000231. The van der Waals surface area contributed by atoms with Crippen molar-refractivity contribution in [3.63, 3.8) is 0 Å². The van der Waals surface area contributed by atoms with Crippen LogP contribution in [0, 0.1) is 12.2 Å². The summed E-state index contributed by atoms with van der Waals surface area (Å²) in [5.41, 5.74) is 0. The predicted molar refractivity (Wildman–Crippen MR) is 334 cm³/mol. The topological polar surface area (TPSA) is 0 Å². The molecule has 6 heteroatoms. The third-order valence-electron chi connectivity index (χ3n) is 11.2. The van der Waals surface area contributed by atoms with E-state index in [2.05, 4.69) is 315 Å². The van der Waals surface area contributed by atoms with Gasteiger partial charge in [0.25, 0.3) is 0 Å². The van der Waals surface area contributed by atoms with Gasteiger partial charge in [-0.25, -0.2) is 24.3 Å². The molecule has 12 aromatic rings. The van der Waals surface area contributed by atoms with Crippen LogP contribution in [0.4, 0.5) is 0 Å². The minimum absolute atomic E-state index is 0. The summed E-state index contributed by atoms with van der Waals surface area (Å²) in [6, 6.07) is 101. The molecule has 0 aromatic heterocycles. The molecule has 0 atom stereocenters. The Kier molecular flexibility index (Phi) is 33.2. The third kappa shape index (κ3) is 24.3. The Hall–Kier alpha value is -6.06. The first-order valence-corrected chi connectivity index (χ1v) is 26.8. The Morgan fingerprint density at radius 3 is 0.684 bits per heavy atom. The van der Waals surface area contributed by atoms with E-state index in [-0.39, 0.29) is 96.3 Å². The second-order valence-corrected chi connectivity index (χ2v) is 19.8. The number of hydrogen-bond acceptors (Lipinski definition) is 0. The molecule has 0 N–H and O–H groups in total. The van der Waals surface area contributed by atoms with E-state index in [0.717, 1.165) is 12.8 Å². The van der Waals surface area contributed by atoms with E-state index in [1.807, 2.05) is 24.3 Å². The fourth-order valence-electron chi connectivity index (χ4n) is 7.54. The van der Waals surface area contributed by atoms with Crippen LogP contribution in [-0.2, 0) is 52.4 Å². The van der Waals surface area contributed by atoms with Gasteiger partial charge in [-0.2, -0.15) is 82.2 Å². The van der Waals surface area contributed by atoms with Crippen LogP contribution in [0.3, 0.4) is 0 Å². The molecule has 0 aliphatic heterocycles. The van der Waals surface area contributed by atoms with Gasteiger partial charge in [0, 0.05) is 0 Å². The zero-order valence-electron chi connectivity index (χ0n) is 42.6. The molecule has 0 heterocycles. The molecule has 76 heavy (non-hydrogen) atoms. The molecule has 14 rings (SSSR count). The molecule has 2 aliphatic rings. The van der Waals surface area contributed by atoms with Gasteiger partial charge < -0.3 is 0 Å². The largest absolute Gasteiger partial charge is 3.00 e. The van der Waals surface area contributed by atoms with Gasteiger partial charge in [0.2, 0.25) is 0 Å². The number of hydrogen-bond donors (Lipinski definition) is 0. The second kappa shape index (κ2) is 39.3. The van der Waals surface area contributed by atoms with Crippen molar-refractivity contribution in [2.45, 2.75) is 12.8 Å². The summed E-state index contributed by atoms with van der Waals surface area (Å²) < 4.78 is 0. The van der Waals surface area contributed by atoms with Crippen LogP contribution in [0.1, 0.15) is 12.8 Å². The molecule has 0 saturated heterocycles. The second-order valence-electron chi connectivity index (χ2n) is 16.6. The Morgan fingerprint density at radius 1 is 0.276 bits per heavy atom. The van der Waals surface area contributed by atoms with Gasteiger partial charge in [0.15, 0.2) is 0 Å². The quantitative estimate of drug-likeness (QED) is 0.122. The number of allylic oxidation sites excluding steroid dienone is 8. The van der Waals surface area contributed by atoms with Gasteiger partial charge in [-0.1, -0.05) is 166 Å². The summed E-state index contributed by atoms with van der Waals surface area (Å²) in [6.45, 7) is 0. The van der Waals surface area contributed by atoms with E-state index in [0.29, 0.717) is 0 Å². The average molecular weight is 1210 g/mol. The number of rotatable bonds is 4. The number of fused-ring (bicyclic) bond motifs is 4. The average Bonchev–Trinajstić information content (AvgIpc) is 4.32. The molecule has 2 aliphatic carbocycles. The summed E-state index contributed by atoms with van der Waals surface area (Å²) in [4.78, 5) is 0. The fourth-order valence-corrected chi connectivity index (χ4v) is 9.97. The van der Waals surface area contributed by atoms with Crippen LogP contribution in [0.2, 0.25) is 0 Å². The number of benzene rings is 8. The van der Waals surface area contributed by atoms with Crippen LogP contribution in [0.5, 0.6) is 0 Å². The van der Waals surface area contributed by atoms with Gasteiger partial charge in [-0.3, -0.25) is 12.2 Å². The molecule has 0 fully saturated rings. The molecule has 0 saturated carbocycles. The van der Waals surface area contributed by atoms with Crippen LogP contribution in [0.15, 0.2) is 328 Å². The predicted octanol–water partition coefficient (Wildman–Crippen LogP) is 15.8. The molecule has 0 nitrogen and oxygen atoms in total. The van der Waals surface area contributed by atoms with E-state index in [1.54, 1.807) is 0 Å². The van der Waals surface area contributed by atoms with Crippen molar-refractivity contribution >= 4 is 108 Å². The molecule has 4 radical (unpaired) electrons. The van der Waals surface area contributed by atoms with E-state index in [4.69, 9.17) is 0 Å². The summed E-state index contributed by atoms with van der Waals surface area (Å²) >= 11 is 0. The van der Waals surface area contributed by atoms with Crippen LogP contribution in [0.25, 0.3) is 43.1 Å². The summed E-state index contributed by atoms with van der Waals surface area (Å²) in [5, 5.41) is 16.5. The zero-order valence-corrected chi connectivity index (χ0v) is 51.4. The SMILES string of the molecule is Cl.Cl.[C-]1=CC=CC1.[C-]1=CC=CC1.[Zr+3].[Zr+3].c1ccc([SiH]c2ccccc2)cc1.c1ccc([SiH]c2ccccc2)cc1.c1ccc2[cH-]ccc2c1.c1ccc2[cH-]ccc2c1.c1ccc2[cH-]ccc2c1.c1ccc2[cH-]ccc2c1. The smallest absolute Gasteiger partial charge is 0.273 e. The van der Waals surface area contributed by atoms with Crippen molar-refractivity contribution in [2.75, 3.05) is 0 Å². The van der Waals surface area contributed by atoms with Gasteiger partial charge in [-0.15, -0.1) is 156 Å². The monoisotopic (exact) mass is 1210 g/mol. The molecule has 0 unspecified atom stereocenters. The first kappa shape index (κ1) is 64.2. The first-order chi connectivity index (χ1) is 35.8. The maximum absolute atomic E-state index is 2.99. The standard InChI is InChI=1S/2C12H11Si.4C9H7.2C5H5.2ClH.2Zr/c2*1-3-7-11(8-4-1)13-12-9-5-2-6-10-12;4*1-2-5-9-7-3-6-8(9)4-1;2*1-2-4-5-3-1;;;;/h2*1-10,13H;4*1-7H;2*1-3H,4H2;2*1H;;/q;;6*-1;;;2*+3. The minimum atomic E-state index is 0. The van der Waals surface area contributed by atoms with E-state index in [9.17, 15) is 0 Å². The van der Waals surface area contributed by atoms with Gasteiger partial charge in [0.05, 0.1) is 0 Å². The van der Waals surface area contributed by atoms with Crippen LogP contribution < -0.4 is 20.7 Å². The van der Waals surface area contributed by atoms with Crippen molar-refractivity contribution in [1.29, 1.82) is 0 Å². The maximum Gasteiger partial charge on any atom is 3.00 e. The Bertz CT molecular complexity index is 2840. The van der Waals surface area contributed by atoms with E-state index >= 15 is 0 Å².